The Morgan fingerprint density at radius 3 is 2.57 bits per heavy atom. The van der Waals surface area contributed by atoms with Gasteiger partial charge in [-0.15, -0.1) is 0 Å². The summed E-state index contributed by atoms with van der Waals surface area (Å²) in [5, 5.41) is 9.20. The number of carbonyl (C=O) groups excluding carboxylic acids is 2. The van der Waals surface area contributed by atoms with Crippen molar-refractivity contribution < 1.29 is 29.0 Å². The van der Waals surface area contributed by atoms with E-state index in [9.17, 15) is 19.5 Å². The SMILES string of the molecule is COC(=O)C1CN(C(=O)N2CCC(C)(C(=O)O)C2)CCO1. The molecule has 2 heterocycles. The number of hydrogen-bond donors (Lipinski definition) is 1. The second-order valence-electron chi connectivity index (χ2n) is 5.65. The zero-order chi connectivity index (χ0) is 15.6. The number of urea groups is 1. The highest BCUT2D eigenvalue weighted by molar-refractivity contribution is 5.81. The maximum atomic E-state index is 12.4. The Bertz CT molecular complexity index is 454. The average molecular weight is 300 g/mol. The minimum atomic E-state index is -0.899. The molecule has 2 saturated heterocycles. The van der Waals surface area contributed by atoms with E-state index in [1.165, 1.54) is 16.9 Å². The van der Waals surface area contributed by atoms with Crippen LogP contribution >= 0.6 is 0 Å². The molecule has 2 atom stereocenters. The van der Waals surface area contributed by atoms with Crippen LogP contribution in [-0.2, 0) is 19.1 Å². The summed E-state index contributed by atoms with van der Waals surface area (Å²) in [6.45, 7) is 3.00. The van der Waals surface area contributed by atoms with Crippen LogP contribution in [-0.4, -0.2) is 78.9 Å². The molecular weight excluding hydrogens is 280 g/mol. The predicted molar refractivity (Wildman–Crippen MR) is 70.7 cm³/mol. The number of esters is 1. The molecule has 0 radical (unpaired) electrons. The molecule has 2 rings (SSSR count). The zero-order valence-corrected chi connectivity index (χ0v) is 12.2. The largest absolute Gasteiger partial charge is 0.481 e. The van der Waals surface area contributed by atoms with E-state index in [0.29, 0.717) is 19.5 Å². The Labute approximate surface area is 122 Å². The van der Waals surface area contributed by atoms with Crippen LogP contribution < -0.4 is 0 Å². The van der Waals surface area contributed by atoms with Crippen LogP contribution in [0.2, 0.25) is 0 Å². The molecule has 0 bridgehead atoms. The number of carbonyl (C=O) groups is 3. The Hall–Kier alpha value is -1.83. The number of likely N-dealkylation sites (tertiary alicyclic amines) is 1. The number of morpholine rings is 1. The van der Waals surface area contributed by atoms with Gasteiger partial charge in [-0.3, -0.25) is 4.79 Å². The summed E-state index contributed by atoms with van der Waals surface area (Å²) in [6, 6.07) is -0.253. The van der Waals surface area contributed by atoms with Crippen LogP contribution in [0.15, 0.2) is 0 Å². The molecule has 2 aliphatic rings. The molecule has 0 saturated carbocycles. The minimum Gasteiger partial charge on any atom is -0.481 e. The molecule has 8 nitrogen and oxygen atoms in total. The van der Waals surface area contributed by atoms with Crippen molar-refractivity contribution in [1.82, 2.24) is 9.80 Å². The molecule has 21 heavy (non-hydrogen) atoms. The fourth-order valence-corrected chi connectivity index (χ4v) is 2.60. The molecule has 0 aromatic heterocycles. The minimum absolute atomic E-state index is 0.131. The lowest BCUT2D eigenvalue weighted by Crippen LogP contribution is -2.53. The van der Waals surface area contributed by atoms with E-state index < -0.39 is 23.5 Å². The van der Waals surface area contributed by atoms with Gasteiger partial charge in [0.25, 0.3) is 0 Å². The summed E-state index contributed by atoms with van der Waals surface area (Å²) in [6.07, 6.45) is -0.347. The van der Waals surface area contributed by atoms with Gasteiger partial charge in [-0.25, -0.2) is 9.59 Å². The molecule has 2 fully saturated rings. The normalized spacial score (nSPS) is 29.3. The summed E-state index contributed by atoms with van der Waals surface area (Å²) in [5.74, 6) is -1.41. The van der Waals surface area contributed by atoms with Crippen LogP contribution in [0.1, 0.15) is 13.3 Å². The molecule has 1 N–H and O–H groups in total. The van der Waals surface area contributed by atoms with Crippen molar-refractivity contribution in [2.24, 2.45) is 5.41 Å². The molecule has 0 spiro atoms. The molecule has 0 aromatic rings. The molecule has 2 aliphatic heterocycles. The highest BCUT2D eigenvalue weighted by Gasteiger charge is 2.43. The van der Waals surface area contributed by atoms with Gasteiger partial charge in [0, 0.05) is 19.6 Å². The Balaban J connectivity index is 1.98. The van der Waals surface area contributed by atoms with Crippen LogP contribution in [0.4, 0.5) is 4.79 Å². The van der Waals surface area contributed by atoms with Gasteiger partial charge in [-0.1, -0.05) is 0 Å². The van der Waals surface area contributed by atoms with Gasteiger partial charge >= 0.3 is 18.0 Å². The quantitative estimate of drug-likeness (QED) is 0.708. The number of nitrogens with zero attached hydrogens (tertiary/aromatic N) is 2. The Morgan fingerprint density at radius 2 is 2.00 bits per heavy atom. The second-order valence-corrected chi connectivity index (χ2v) is 5.65. The highest BCUT2D eigenvalue weighted by atomic mass is 16.6. The van der Waals surface area contributed by atoms with E-state index in [4.69, 9.17) is 4.74 Å². The third-order valence-corrected chi connectivity index (χ3v) is 4.06. The van der Waals surface area contributed by atoms with Gasteiger partial charge in [0.2, 0.25) is 0 Å². The number of amides is 2. The monoisotopic (exact) mass is 300 g/mol. The summed E-state index contributed by atoms with van der Waals surface area (Å²) < 4.78 is 9.89. The van der Waals surface area contributed by atoms with Crippen LogP contribution in [0.5, 0.6) is 0 Å². The number of hydrogen-bond acceptors (Lipinski definition) is 5. The smallest absolute Gasteiger partial charge is 0.336 e. The van der Waals surface area contributed by atoms with E-state index >= 15 is 0 Å². The van der Waals surface area contributed by atoms with Crippen molar-refractivity contribution in [3.63, 3.8) is 0 Å². The predicted octanol–water partition coefficient (Wildman–Crippen LogP) is -0.223. The van der Waals surface area contributed by atoms with Crippen LogP contribution in [0, 0.1) is 5.41 Å². The van der Waals surface area contributed by atoms with Gasteiger partial charge in [0.15, 0.2) is 6.10 Å². The number of carboxylic acids is 1. The fourth-order valence-electron chi connectivity index (χ4n) is 2.60. The zero-order valence-electron chi connectivity index (χ0n) is 12.2. The fraction of sp³-hybridized carbons (Fsp3) is 0.769. The molecule has 0 aliphatic carbocycles. The first-order valence-electron chi connectivity index (χ1n) is 6.84. The van der Waals surface area contributed by atoms with Crippen molar-refractivity contribution in [2.45, 2.75) is 19.4 Å². The number of carboxylic acid groups (broad SMARTS) is 1. The summed E-state index contributed by atoms with van der Waals surface area (Å²) in [4.78, 5) is 38.1. The molecule has 118 valence electrons. The first-order valence-corrected chi connectivity index (χ1v) is 6.84. The van der Waals surface area contributed by atoms with Crippen molar-refractivity contribution in [3.05, 3.63) is 0 Å². The number of rotatable bonds is 2. The van der Waals surface area contributed by atoms with Gasteiger partial charge in [0.1, 0.15) is 0 Å². The maximum absolute atomic E-state index is 12.4. The standard InChI is InChI=1S/C13H20N2O6/c1-13(11(17)18)3-4-15(8-13)12(19)14-5-6-21-9(7-14)10(16)20-2/h9H,3-8H2,1-2H3,(H,17,18). The van der Waals surface area contributed by atoms with Crippen molar-refractivity contribution in [1.29, 1.82) is 0 Å². The molecular formula is C13H20N2O6. The van der Waals surface area contributed by atoms with E-state index in [1.807, 2.05) is 0 Å². The van der Waals surface area contributed by atoms with Gasteiger partial charge in [-0.2, -0.15) is 0 Å². The molecule has 2 unspecified atom stereocenters. The van der Waals surface area contributed by atoms with Crippen molar-refractivity contribution in [3.8, 4) is 0 Å². The summed E-state index contributed by atoms with van der Waals surface area (Å²) >= 11 is 0. The highest BCUT2D eigenvalue weighted by Crippen LogP contribution is 2.30. The molecule has 8 heteroatoms. The first kappa shape index (κ1) is 15.6. The lowest BCUT2D eigenvalue weighted by atomic mass is 9.90. The van der Waals surface area contributed by atoms with Gasteiger partial charge < -0.3 is 24.4 Å². The average Bonchev–Trinajstić information content (AvgIpc) is 2.89. The molecule has 0 aromatic carbocycles. The summed E-state index contributed by atoms with van der Waals surface area (Å²) in [5.41, 5.74) is -0.899. The van der Waals surface area contributed by atoms with Crippen molar-refractivity contribution >= 4 is 18.0 Å². The van der Waals surface area contributed by atoms with Crippen LogP contribution in [0.3, 0.4) is 0 Å². The van der Waals surface area contributed by atoms with E-state index in [0.717, 1.165) is 0 Å². The summed E-state index contributed by atoms with van der Waals surface area (Å²) in [7, 11) is 1.27. The molecule has 2 amide bonds. The van der Waals surface area contributed by atoms with E-state index in [-0.39, 0.29) is 25.7 Å². The van der Waals surface area contributed by atoms with E-state index in [1.54, 1.807) is 6.92 Å². The van der Waals surface area contributed by atoms with Gasteiger partial charge in [-0.05, 0) is 13.3 Å². The maximum Gasteiger partial charge on any atom is 0.336 e. The Kier molecular flexibility index (Phi) is 4.36. The lowest BCUT2D eigenvalue weighted by Gasteiger charge is -2.34. The van der Waals surface area contributed by atoms with E-state index in [2.05, 4.69) is 4.74 Å². The number of methoxy groups -OCH3 is 1. The third-order valence-electron chi connectivity index (χ3n) is 4.06. The second kappa shape index (κ2) is 5.88. The third kappa shape index (κ3) is 3.10. The topological polar surface area (TPSA) is 96.4 Å². The Morgan fingerprint density at radius 1 is 1.29 bits per heavy atom. The van der Waals surface area contributed by atoms with Crippen LogP contribution in [0.25, 0.3) is 0 Å². The van der Waals surface area contributed by atoms with Gasteiger partial charge in [0.05, 0.1) is 25.7 Å². The first-order chi connectivity index (χ1) is 9.87. The number of ether oxygens (including phenoxy) is 2. The number of aliphatic carboxylic acids is 1. The lowest BCUT2D eigenvalue weighted by molar-refractivity contribution is -0.158. The van der Waals surface area contributed by atoms with Crippen molar-refractivity contribution in [2.75, 3.05) is 39.9 Å².